The van der Waals surface area contributed by atoms with E-state index in [9.17, 15) is 4.79 Å². The molecular formula is C20H23N5O. The van der Waals surface area contributed by atoms with Gasteiger partial charge in [0.1, 0.15) is 17.6 Å². The van der Waals surface area contributed by atoms with Gasteiger partial charge in [0.25, 0.3) is 5.91 Å². The number of aromatic nitrogens is 3. The van der Waals surface area contributed by atoms with Gasteiger partial charge in [0.05, 0.1) is 5.56 Å². The number of carbonyl (C=O) groups excluding carboxylic acids is 1. The van der Waals surface area contributed by atoms with Crippen LogP contribution in [0.3, 0.4) is 0 Å². The Labute approximate surface area is 153 Å². The van der Waals surface area contributed by atoms with Gasteiger partial charge < -0.3 is 9.47 Å². The molecule has 1 atom stereocenters. The molecule has 2 aliphatic rings. The average molecular weight is 349 g/mol. The Hall–Kier alpha value is -2.68. The Morgan fingerprint density at radius 2 is 2.12 bits per heavy atom. The molecule has 2 fully saturated rings. The molecule has 1 amide bonds. The normalized spacial score (nSPS) is 20.4. The first-order valence-electron chi connectivity index (χ1n) is 9.41. The lowest BCUT2D eigenvalue weighted by atomic mass is 9.85. The number of nitriles is 1. The molecule has 6 heteroatoms. The minimum absolute atomic E-state index is 0.0104. The van der Waals surface area contributed by atoms with Gasteiger partial charge in [-0.3, -0.25) is 4.79 Å². The molecule has 0 radical (unpaired) electrons. The fourth-order valence-corrected chi connectivity index (χ4v) is 3.93. The predicted molar refractivity (Wildman–Crippen MR) is 96.4 cm³/mol. The molecule has 1 saturated carbocycles. The topological polar surface area (TPSA) is 74.8 Å². The first kappa shape index (κ1) is 16.8. The zero-order valence-corrected chi connectivity index (χ0v) is 14.8. The van der Waals surface area contributed by atoms with Crippen LogP contribution in [0.1, 0.15) is 59.9 Å². The Kier molecular flexibility index (Phi) is 4.70. The highest BCUT2D eigenvalue weighted by Gasteiger charge is 2.29. The second-order valence-corrected chi connectivity index (χ2v) is 7.37. The number of amides is 1. The van der Waals surface area contributed by atoms with Gasteiger partial charge in [-0.1, -0.05) is 6.42 Å². The molecule has 1 aliphatic heterocycles. The highest BCUT2D eigenvalue weighted by atomic mass is 16.2. The van der Waals surface area contributed by atoms with Gasteiger partial charge in [-0.05, 0) is 43.7 Å². The van der Waals surface area contributed by atoms with E-state index in [1.54, 1.807) is 12.1 Å². The molecule has 1 saturated heterocycles. The molecule has 1 unspecified atom stereocenters. The lowest BCUT2D eigenvalue weighted by Gasteiger charge is -2.33. The summed E-state index contributed by atoms with van der Waals surface area (Å²) in [4.78, 5) is 23.3. The van der Waals surface area contributed by atoms with Crippen LogP contribution in [0.5, 0.6) is 0 Å². The Morgan fingerprint density at radius 3 is 2.81 bits per heavy atom. The third kappa shape index (κ3) is 3.34. The van der Waals surface area contributed by atoms with Gasteiger partial charge in [0, 0.05) is 44.1 Å². The molecule has 0 N–H and O–H groups in total. The highest BCUT2D eigenvalue weighted by molar-refractivity contribution is 5.94. The van der Waals surface area contributed by atoms with Crippen molar-refractivity contribution in [2.45, 2.75) is 44.6 Å². The zero-order valence-electron chi connectivity index (χ0n) is 14.8. The maximum absolute atomic E-state index is 12.8. The number of nitrogens with zero attached hydrogens (tertiary/aromatic N) is 5. The van der Waals surface area contributed by atoms with E-state index in [4.69, 9.17) is 5.26 Å². The minimum atomic E-state index is -0.0104. The first-order valence-corrected chi connectivity index (χ1v) is 9.41. The number of imidazole rings is 1. The van der Waals surface area contributed by atoms with Crippen molar-refractivity contribution in [3.05, 3.63) is 47.8 Å². The number of hydrogen-bond donors (Lipinski definition) is 0. The van der Waals surface area contributed by atoms with E-state index < -0.39 is 0 Å². The smallest absolute Gasteiger partial charge is 0.255 e. The zero-order chi connectivity index (χ0) is 17.9. The summed E-state index contributed by atoms with van der Waals surface area (Å²) >= 11 is 0. The fourth-order valence-electron chi connectivity index (χ4n) is 3.93. The van der Waals surface area contributed by atoms with E-state index in [2.05, 4.69) is 20.7 Å². The van der Waals surface area contributed by atoms with Crippen LogP contribution < -0.4 is 0 Å². The van der Waals surface area contributed by atoms with E-state index in [0.29, 0.717) is 17.8 Å². The summed E-state index contributed by atoms with van der Waals surface area (Å²) in [7, 11) is 0. The molecule has 0 spiro atoms. The van der Waals surface area contributed by atoms with Crippen molar-refractivity contribution < 1.29 is 4.79 Å². The summed E-state index contributed by atoms with van der Waals surface area (Å²) in [6.07, 6.45) is 11.5. The molecule has 2 aromatic heterocycles. The maximum Gasteiger partial charge on any atom is 0.255 e. The van der Waals surface area contributed by atoms with Gasteiger partial charge in [-0.15, -0.1) is 0 Å². The summed E-state index contributed by atoms with van der Waals surface area (Å²) in [6.45, 7) is 2.51. The monoisotopic (exact) mass is 349 g/mol. The first-order chi connectivity index (χ1) is 12.7. The van der Waals surface area contributed by atoms with Crippen LogP contribution in [-0.2, 0) is 6.54 Å². The molecule has 3 heterocycles. The summed E-state index contributed by atoms with van der Waals surface area (Å²) < 4.78 is 2.30. The predicted octanol–water partition coefficient (Wildman–Crippen LogP) is 2.97. The van der Waals surface area contributed by atoms with Crippen LogP contribution in [0.4, 0.5) is 0 Å². The summed E-state index contributed by atoms with van der Waals surface area (Å²) in [5.41, 5.74) is 0.874. The van der Waals surface area contributed by atoms with Gasteiger partial charge in [0.15, 0.2) is 0 Å². The summed E-state index contributed by atoms with van der Waals surface area (Å²) in [6, 6.07) is 5.27. The fraction of sp³-hybridized carbons (Fsp3) is 0.500. The number of rotatable bonds is 4. The van der Waals surface area contributed by atoms with E-state index >= 15 is 0 Å². The van der Waals surface area contributed by atoms with Crippen molar-refractivity contribution in [1.29, 1.82) is 5.26 Å². The van der Waals surface area contributed by atoms with Crippen LogP contribution >= 0.6 is 0 Å². The van der Waals surface area contributed by atoms with Gasteiger partial charge in [0.2, 0.25) is 0 Å². The Bertz CT molecular complexity index is 815. The molecule has 134 valence electrons. The van der Waals surface area contributed by atoms with E-state index in [-0.39, 0.29) is 11.8 Å². The van der Waals surface area contributed by atoms with Gasteiger partial charge in [-0.2, -0.15) is 5.26 Å². The number of likely N-dealkylation sites (tertiary alicyclic amines) is 1. The van der Waals surface area contributed by atoms with Crippen molar-refractivity contribution in [2.75, 3.05) is 13.1 Å². The molecule has 0 bridgehead atoms. The summed E-state index contributed by atoms with van der Waals surface area (Å²) in [5.74, 6) is 2.18. The van der Waals surface area contributed by atoms with Crippen LogP contribution in [0.15, 0.2) is 30.7 Å². The second-order valence-electron chi connectivity index (χ2n) is 7.37. The molecule has 4 rings (SSSR count). The van der Waals surface area contributed by atoms with Crippen molar-refractivity contribution in [3.63, 3.8) is 0 Å². The number of hydrogen-bond acceptors (Lipinski definition) is 4. The number of piperidine rings is 1. The molecule has 0 aromatic carbocycles. The minimum Gasteiger partial charge on any atom is -0.338 e. The molecule has 1 aliphatic carbocycles. The van der Waals surface area contributed by atoms with Crippen molar-refractivity contribution in [1.82, 2.24) is 19.4 Å². The van der Waals surface area contributed by atoms with Crippen molar-refractivity contribution in [3.8, 4) is 6.07 Å². The average Bonchev–Trinajstić information content (AvgIpc) is 3.13. The van der Waals surface area contributed by atoms with Crippen LogP contribution in [0.2, 0.25) is 0 Å². The maximum atomic E-state index is 12.8. The standard InChI is InChI=1S/C20H23N5O/c21-11-18-7-6-16(12-23-18)20(26)25-9-2-5-17(14-25)19-22-8-10-24(19)13-15-3-1-4-15/h6-8,10,12,15,17H,1-5,9,13-14H2. The van der Waals surface area contributed by atoms with Crippen molar-refractivity contribution >= 4 is 5.91 Å². The SMILES string of the molecule is N#Cc1ccc(C(=O)N2CCCC(c3nccn3CC3CCC3)C2)cn1. The Balaban J connectivity index is 1.46. The van der Waals surface area contributed by atoms with E-state index in [1.165, 1.54) is 25.5 Å². The third-order valence-electron chi connectivity index (χ3n) is 5.63. The van der Waals surface area contributed by atoms with E-state index in [1.807, 2.05) is 17.2 Å². The lowest BCUT2D eigenvalue weighted by molar-refractivity contribution is 0.0702. The third-order valence-corrected chi connectivity index (χ3v) is 5.63. The molecule has 6 nitrogen and oxygen atoms in total. The van der Waals surface area contributed by atoms with Crippen molar-refractivity contribution in [2.24, 2.45) is 5.92 Å². The van der Waals surface area contributed by atoms with Gasteiger partial charge in [-0.25, -0.2) is 9.97 Å². The van der Waals surface area contributed by atoms with Crippen LogP contribution in [0, 0.1) is 17.2 Å². The molecule has 26 heavy (non-hydrogen) atoms. The second kappa shape index (κ2) is 7.28. The van der Waals surface area contributed by atoms with E-state index in [0.717, 1.165) is 37.7 Å². The van der Waals surface area contributed by atoms with Crippen LogP contribution in [-0.4, -0.2) is 38.4 Å². The highest BCUT2D eigenvalue weighted by Crippen LogP contribution is 2.31. The van der Waals surface area contributed by atoms with Gasteiger partial charge >= 0.3 is 0 Å². The number of pyridine rings is 1. The lowest BCUT2D eigenvalue weighted by Crippen LogP contribution is -2.40. The summed E-state index contributed by atoms with van der Waals surface area (Å²) in [5, 5.41) is 8.85. The quantitative estimate of drug-likeness (QED) is 0.850. The molecular weight excluding hydrogens is 326 g/mol. The molecule has 2 aromatic rings. The Morgan fingerprint density at radius 1 is 1.23 bits per heavy atom. The number of carbonyl (C=O) groups is 1. The van der Waals surface area contributed by atoms with Crippen LogP contribution in [0.25, 0.3) is 0 Å². The largest absolute Gasteiger partial charge is 0.338 e.